The van der Waals surface area contributed by atoms with Gasteiger partial charge in [0.2, 0.25) is 0 Å². The highest BCUT2D eigenvalue weighted by molar-refractivity contribution is 5.10. The van der Waals surface area contributed by atoms with Crippen molar-refractivity contribution in [2.24, 2.45) is 5.73 Å². The standard InChI is InChI=1S/C15H30N4/c1-17-9-5-13(6-10-17)18(2)15(12-16)7-11-19-8-3-4-14(15)19/h13-14H,3-12,16H2,1-2H3. The lowest BCUT2D eigenvalue weighted by molar-refractivity contribution is 0.0252. The summed E-state index contributed by atoms with van der Waals surface area (Å²) in [6.07, 6.45) is 6.61. The van der Waals surface area contributed by atoms with Gasteiger partial charge in [0.1, 0.15) is 0 Å². The Kier molecular flexibility index (Phi) is 3.87. The zero-order valence-electron chi connectivity index (χ0n) is 12.6. The summed E-state index contributed by atoms with van der Waals surface area (Å²) >= 11 is 0. The summed E-state index contributed by atoms with van der Waals surface area (Å²) in [5, 5.41) is 0. The Morgan fingerprint density at radius 3 is 2.58 bits per heavy atom. The van der Waals surface area contributed by atoms with Gasteiger partial charge in [-0.25, -0.2) is 0 Å². The second-order valence-electron chi connectivity index (χ2n) is 6.90. The van der Waals surface area contributed by atoms with E-state index in [9.17, 15) is 0 Å². The van der Waals surface area contributed by atoms with Crippen LogP contribution < -0.4 is 5.73 Å². The number of rotatable bonds is 3. The van der Waals surface area contributed by atoms with Crippen LogP contribution in [0.25, 0.3) is 0 Å². The molecule has 3 aliphatic rings. The van der Waals surface area contributed by atoms with E-state index in [2.05, 4.69) is 28.8 Å². The van der Waals surface area contributed by atoms with Gasteiger partial charge in [-0.15, -0.1) is 0 Å². The Bertz CT molecular complexity index is 313. The van der Waals surface area contributed by atoms with Gasteiger partial charge in [0.15, 0.2) is 0 Å². The molecule has 0 aromatic rings. The molecule has 0 spiro atoms. The van der Waals surface area contributed by atoms with Gasteiger partial charge in [-0.1, -0.05) is 0 Å². The fourth-order valence-electron chi connectivity index (χ4n) is 4.75. The molecule has 0 aromatic heterocycles. The van der Waals surface area contributed by atoms with Crippen molar-refractivity contribution < 1.29 is 0 Å². The molecule has 0 bridgehead atoms. The Hall–Kier alpha value is -0.160. The van der Waals surface area contributed by atoms with E-state index in [1.807, 2.05) is 0 Å². The molecule has 4 nitrogen and oxygen atoms in total. The van der Waals surface area contributed by atoms with Gasteiger partial charge in [-0.2, -0.15) is 0 Å². The first-order chi connectivity index (χ1) is 9.17. The van der Waals surface area contributed by atoms with E-state index in [1.165, 1.54) is 58.3 Å². The summed E-state index contributed by atoms with van der Waals surface area (Å²) in [7, 11) is 4.59. The maximum atomic E-state index is 6.28. The number of hydrogen-bond donors (Lipinski definition) is 1. The largest absolute Gasteiger partial charge is 0.329 e. The first kappa shape index (κ1) is 13.8. The summed E-state index contributed by atoms with van der Waals surface area (Å²) < 4.78 is 0. The summed E-state index contributed by atoms with van der Waals surface area (Å²) in [5.74, 6) is 0. The predicted molar refractivity (Wildman–Crippen MR) is 79.3 cm³/mol. The molecule has 0 aromatic carbocycles. The molecule has 110 valence electrons. The van der Waals surface area contributed by atoms with Crippen LogP contribution in [0.2, 0.25) is 0 Å². The minimum absolute atomic E-state index is 0.261. The van der Waals surface area contributed by atoms with E-state index in [0.717, 1.165) is 18.6 Å². The Labute approximate surface area is 117 Å². The number of hydrogen-bond acceptors (Lipinski definition) is 4. The SMILES string of the molecule is CN1CCC(N(C)C2(CN)CCN3CCCC32)CC1. The van der Waals surface area contributed by atoms with Crippen molar-refractivity contribution in [1.82, 2.24) is 14.7 Å². The average molecular weight is 266 g/mol. The molecule has 3 aliphatic heterocycles. The molecule has 4 heteroatoms. The van der Waals surface area contributed by atoms with E-state index >= 15 is 0 Å². The van der Waals surface area contributed by atoms with Crippen LogP contribution in [-0.2, 0) is 0 Å². The Morgan fingerprint density at radius 2 is 1.89 bits per heavy atom. The molecule has 19 heavy (non-hydrogen) atoms. The summed E-state index contributed by atoms with van der Waals surface area (Å²) in [6.45, 7) is 5.87. The van der Waals surface area contributed by atoms with Crippen LogP contribution in [0.4, 0.5) is 0 Å². The first-order valence-corrected chi connectivity index (χ1v) is 8.03. The van der Waals surface area contributed by atoms with Gasteiger partial charge in [0.25, 0.3) is 0 Å². The summed E-state index contributed by atoms with van der Waals surface area (Å²) in [5.41, 5.74) is 6.54. The normalized spacial score (nSPS) is 38.2. The topological polar surface area (TPSA) is 35.7 Å². The fraction of sp³-hybridized carbons (Fsp3) is 1.00. The Balaban J connectivity index is 1.74. The molecule has 3 rings (SSSR count). The Morgan fingerprint density at radius 1 is 1.16 bits per heavy atom. The molecule has 3 saturated heterocycles. The van der Waals surface area contributed by atoms with E-state index in [0.29, 0.717) is 0 Å². The molecule has 0 saturated carbocycles. The van der Waals surface area contributed by atoms with Gasteiger partial charge in [-0.05, 0) is 65.8 Å². The summed E-state index contributed by atoms with van der Waals surface area (Å²) in [4.78, 5) is 7.84. The highest BCUT2D eigenvalue weighted by atomic mass is 15.3. The fourth-order valence-corrected chi connectivity index (χ4v) is 4.75. The average Bonchev–Trinajstić information content (AvgIpc) is 3.01. The van der Waals surface area contributed by atoms with Crippen molar-refractivity contribution in [2.75, 3.05) is 46.8 Å². The lowest BCUT2D eigenvalue weighted by atomic mass is 9.84. The van der Waals surface area contributed by atoms with Gasteiger partial charge in [0, 0.05) is 30.7 Å². The van der Waals surface area contributed by atoms with E-state index in [-0.39, 0.29) is 5.54 Å². The molecule has 3 heterocycles. The summed E-state index contributed by atoms with van der Waals surface area (Å²) in [6, 6.07) is 1.46. The van der Waals surface area contributed by atoms with E-state index < -0.39 is 0 Å². The minimum Gasteiger partial charge on any atom is -0.329 e. The van der Waals surface area contributed by atoms with E-state index in [1.54, 1.807) is 0 Å². The lowest BCUT2D eigenvalue weighted by Gasteiger charge is -2.48. The molecular weight excluding hydrogens is 236 g/mol. The van der Waals surface area contributed by atoms with Gasteiger partial charge < -0.3 is 10.6 Å². The second-order valence-corrected chi connectivity index (χ2v) is 6.90. The van der Waals surface area contributed by atoms with Crippen molar-refractivity contribution in [3.05, 3.63) is 0 Å². The van der Waals surface area contributed by atoms with E-state index in [4.69, 9.17) is 5.73 Å². The van der Waals surface area contributed by atoms with Crippen molar-refractivity contribution in [1.29, 1.82) is 0 Å². The number of piperidine rings is 1. The highest BCUT2D eigenvalue weighted by Gasteiger charge is 2.52. The first-order valence-electron chi connectivity index (χ1n) is 8.03. The van der Waals surface area contributed by atoms with Crippen LogP contribution >= 0.6 is 0 Å². The molecule has 0 radical (unpaired) electrons. The van der Waals surface area contributed by atoms with Crippen LogP contribution in [0.5, 0.6) is 0 Å². The van der Waals surface area contributed by atoms with Crippen molar-refractivity contribution in [2.45, 2.75) is 49.7 Å². The number of likely N-dealkylation sites (tertiary alicyclic amines) is 1. The van der Waals surface area contributed by atoms with Gasteiger partial charge >= 0.3 is 0 Å². The van der Waals surface area contributed by atoms with Crippen LogP contribution in [0.15, 0.2) is 0 Å². The third kappa shape index (κ3) is 2.23. The number of likely N-dealkylation sites (N-methyl/N-ethyl adjacent to an activating group) is 1. The molecule has 0 aliphatic carbocycles. The lowest BCUT2D eigenvalue weighted by Crippen LogP contribution is -2.62. The minimum atomic E-state index is 0.261. The van der Waals surface area contributed by atoms with Gasteiger partial charge in [0.05, 0.1) is 0 Å². The highest BCUT2D eigenvalue weighted by Crippen LogP contribution is 2.40. The molecular formula is C15H30N4. The van der Waals surface area contributed by atoms with Crippen LogP contribution in [0.3, 0.4) is 0 Å². The van der Waals surface area contributed by atoms with Crippen LogP contribution in [0, 0.1) is 0 Å². The molecule has 0 amide bonds. The molecule has 2 unspecified atom stereocenters. The number of fused-ring (bicyclic) bond motifs is 1. The smallest absolute Gasteiger partial charge is 0.0498 e. The number of nitrogens with two attached hydrogens (primary N) is 1. The quantitative estimate of drug-likeness (QED) is 0.810. The maximum Gasteiger partial charge on any atom is 0.0498 e. The monoisotopic (exact) mass is 266 g/mol. The van der Waals surface area contributed by atoms with Crippen molar-refractivity contribution in [3.63, 3.8) is 0 Å². The molecule has 3 fully saturated rings. The van der Waals surface area contributed by atoms with Gasteiger partial charge in [-0.3, -0.25) is 9.80 Å². The van der Waals surface area contributed by atoms with Crippen LogP contribution in [0.1, 0.15) is 32.1 Å². The molecule has 2 atom stereocenters. The number of nitrogens with zero attached hydrogens (tertiary/aromatic N) is 3. The third-order valence-electron chi connectivity index (χ3n) is 6.11. The zero-order chi connectivity index (χ0) is 13.5. The third-order valence-corrected chi connectivity index (χ3v) is 6.11. The van der Waals surface area contributed by atoms with Crippen molar-refractivity contribution >= 4 is 0 Å². The van der Waals surface area contributed by atoms with Crippen molar-refractivity contribution in [3.8, 4) is 0 Å². The predicted octanol–water partition coefficient (Wildman–Crippen LogP) is 0.578. The second kappa shape index (κ2) is 5.32. The molecule has 2 N–H and O–H groups in total. The van der Waals surface area contributed by atoms with Crippen LogP contribution in [-0.4, -0.2) is 79.1 Å². The maximum absolute atomic E-state index is 6.28. The zero-order valence-corrected chi connectivity index (χ0v) is 12.6.